The van der Waals surface area contributed by atoms with E-state index in [0.717, 1.165) is 6.08 Å². The van der Waals surface area contributed by atoms with Gasteiger partial charge in [-0.1, -0.05) is 11.2 Å². The zero-order valence-corrected chi connectivity index (χ0v) is 26.6. The number of benzene rings is 2. The van der Waals surface area contributed by atoms with Crippen LogP contribution in [0.25, 0.3) is 11.8 Å². The smallest absolute Gasteiger partial charge is 0.357 e. The van der Waals surface area contributed by atoms with E-state index >= 15 is 0 Å². The highest BCUT2D eigenvalue weighted by molar-refractivity contribution is 7.87. The fourth-order valence-corrected chi connectivity index (χ4v) is 6.37. The third kappa shape index (κ3) is 7.54. The largest absolute Gasteiger partial charge is 0.477 e. The van der Waals surface area contributed by atoms with Crippen LogP contribution in [-0.2, 0) is 54.3 Å². The zero-order valence-electron chi connectivity index (χ0n) is 23.3. The summed E-state index contributed by atoms with van der Waals surface area (Å²) in [7, 11) is -19.9. The Labute approximate surface area is 272 Å². The van der Waals surface area contributed by atoms with Crippen LogP contribution in [0, 0.1) is 0 Å². The summed E-state index contributed by atoms with van der Waals surface area (Å²) in [4.78, 5) is 46.2. The number of carbonyl (C=O) groups excluding carboxylic acids is 1. The lowest BCUT2D eigenvalue weighted by Crippen LogP contribution is -2.26. The normalized spacial score (nSPS) is 15.2. The molecule has 2 aromatic carbocycles. The number of hydrogen-bond donors (Lipinski definition) is 6. The molecule has 0 bridgehead atoms. The maximum Gasteiger partial charge on any atom is 0.357 e. The van der Waals surface area contributed by atoms with Gasteiger partial charge in [-0.2, -0.15) is 33.7 Å². The van der Waals surface area contributed by atoms with E-state index in [2.05, 4.69) is 9.39 Å². The molecular formula is C23H16N4O18S4. The molecule has 26 heteroatoms. The highest BCUT2D eigenvalue weighted by atomic mass is 32.2. The van der Waals surface area contributed by atoms with E-state index in [1.54, 1.807) is 0 Å². The van der Waals surface area contributed by atoms with Gasteiger partial charge >= 0.3 is 28.0 Å². The van der Waals surface area contributed by atoms with Crippen LogP contribution in [0.1, 0.15) is 16.1 Å². The van der Waals surface area contributed by atoms with Crippen molar-refractivity contribution in [2.75, 3.05) is 0 Å². The molecule has 0 radical (unpaired) electrons. The summed E-state index contributed by atoms with van der Waals surface area (Å²) in [5, 5.41) is 24.1. The molecule has 6 N–H and O–H groups in total. The molecule has 1 aliphatic rings. The van der Waals surface area contributed by atoms with Crippen LogP contribution in [-0.4, -0.2) is 96.1 Å². The number of aromatic carboxylic acids is 1. The van der Waals surface area contributed by atoms with E-state index in [9.17, 15) is 72.2 Å². The fraction of sp³-hybridized carbons (Fsp3) is 0. The predicted octanol–water partition coefficient (Wildman–Crippen LogP) is -0.853. The van der Waals surface area contributed by atoms with Crippen molar-refractivity contribution in [2.45, 2.75) is 19.6 Å². The molecule has 2 heterocycles. The number of aliphatic carboxylic acids is 1. The van der Waals surface area contributed by atoms with Crippen LogP contribution in [0.4, 0.5) is 0 Å². The van der Waals surface area contributed by atoms with Crippen molar-refractivity contribution in [1.29, 1.82) is 0 Å². The molecule has 3 aromatic rings. The molecule has 0 saturated heterocycles. The molecule has 260 valence electrons. The molecule has 0 aliphatic carbocycles. The van der Waals surface area contributed by atoms with E-state index in [1.165, 1.54) is 0 Å². The lowest BCUT2D eigenvalue weighted by molar-refractivity contribution is -0.149. The van der Waals surface area contributed by atoms with Crippen molar-refractivity contribution >= 4 is 70.1 Å². The SMILES string of the molecule is O=C(O)C1=NN(OS(=O)(=O)c2ccc(S(=O)(=O)O)cc2)C(=O)C1=CC=Cc1c(C(=O)O)[nH]n(-c2cc(S(=O)(=O)O)ccc2S(=O)(=O)O)c1=O. The Hall–Kier alpha value is -5.35. The number of hydrazone groups is 1. The van der Waals surface area contributed by atoms with Gasteiger partial charge in [0.1, 0.15) is 4.90 Å². The number of H-pyrrole nitrogens is 1. The number of aromatic nitrogens is 2. The standard InChI is InChI=1S/C23H16N4O18S4/c28-20-14(18(22(30)31)24-26(20)16-10-13(47(37,38)39)8-9-17(16)48(40,41)42)2-1-3-15-19(23(32)33)25-27(21(15)29)45-49(43,44)12-6-4-11(5-7-12)46(34,35)36/h1-10,24H,(H,30,31)(H,32,33)(H,34,35,36)(H,37,38,39)(H,40,41,42). The van der Waals surface area contributed by atoms with Gasteiger partial charge in [-0.25, -0.2) is 14.3 Å². The fourth-order valence-electron chi connectivity index (χ4n) is 3.90. The predicted molar refractivity (Wildman–Crippen MR) is 157 cm³/mol. The highest BCUT2D eigenvalue weighted by Crippen LogP contribution is 2.25. The Bertz CT molecular complexity index is 2540. The van der Waals surface area contributed by atoms with Gasteiger partial charge in [0.25, 0.3) is 35.9 Å². The van der Waals surface area contributed by atoms with Gasteiger partial charge in [-0.15, -0.1) is 9.39 Å². The average Bonchev–Trinajstić information content (AvgIpc) is 3.47. The highest BCUT2D eigenvalue weighted by Gasteiger charge is 2.38. The quantitative estimate of drug-likeness (QED) is 0.102. The van der Waals surface area contributed by atoms with Gasteiger partial charge in [-0.3, -0.25) is 28.3 Å². The molecule has 22 nitrogen and oxygen atoms in total. The number of carboxylic acids is 2. The summed E-state index contributed by atoms with van der Waals surface area (Å²) in [6.45, 7) is 0. The first kappa shape index (κ1) is 36.5. The van der Waals surface area contributed by atoms with E-state index in [1.807, 2.05) is 5.10 Å². The van der Waals surface area contributed by atoms with Gasteiger partial charge in [0, 0.05) is 0 Å². The average molecular weight is 765 g/mol. The summed E-state index contributed by atoms with van der Waals surface area (Å²) < 4.78 is 127. The van der Waals surface area contributed by atoms with Gasteiger partial charge in [-0.05, 0) is 54.6 Å². The molecule has 1 aliphatic heterocycles. The van der Waals surface area contributed by atoms with Crippen LogP contribution < -0.4 is 5.56 Å². The Balaban J connectivity index is 1.74. The van der Waals surface area contributed by atoms with Gasteiger partial charge < -0.3 is 10.2 Å². The van der Waals surface area contributed by atoms with E-state index in [4.69, 9.17) is 4.55 Å². The molecule has 0 spiro atoms. The molecule has 1 amide bonds. The molecule has 1 aromatic heterocycles. The van der Waals surface area contributed by atoms with Crippen molar-refractivity contribution in [3.8, 4) is 5.69 Å². The summed E-state index contributed by atoms with van der Waals surface area (Å²) in [6, 6.07) is 4.14. The number of aromatic amines is 1. The van der Waals surface area contributed by atoms with Crippen LogP contribution in [0.2, 0.25) is 0 Å². The first-order valence-corrected chi connectivity index (χ1v) is 17.9. The minimum absolute atomic E-state index is 0.182. The Morgan fingerprint density at radius 3 is 1.84 bits per heavy atom. The second-order valence-electron chi connectivity index (χ2n) is 9.17. The topological polar surface area (TPSA) is 352 Å². The zero-order chi connectivity index (χ0) is 36.9. The molecule has 0 fully saturated rings. The van der Waals surface area contributed by atoms with Gasteiger partial charge in [0.2, 0.25) is 0 Å². The van der Waals surface area contributed by atoms with Crippen LogP contribution >= 0.6 is 0 Å². The maximum absolute atomic E-state index is 13.2. The van der Waals surface area contributed by atoms with Crippen molar-refractivity contribution in [2.24, 2.45) is 5.10 Å². The van der Waals surface area contributed by atoms with Crippen molar-refractivity contribution < 1.29 is 76.2 Å². The third-order valence-electron chi connectivity index (χ3n) is 6.04. The van der Waals surface area contributed by atoms with Crippen LogP contribution in [0.5, 0.6) is 0 Å². The maximum atomic E-state index is 13.2. The lowest BCUT2D eigenvalue weighted by Gasteiger charge is -2.11. The minimum Gasteiger partial charge on any atom is -0.477 e. The third-order valence-corrected chi connectivity index (χ3v) is 9.85. The molecule has 0 atom stereocenters. The number of hydrogen-bond acceptors (Lipinski definition) is 14. The van der Waals surface area contributed by atoms with Crippen molar-refractivity contribution in [1.82, 2.24) is 15.0 Å². The van der Waals surface area contributed by atoms with E-state index in [-0.39, 0.29) is 9.85 Å². The number of allylic oxidation sites excluding steroid dienone is 2. The monoisotopic (exact) mass is 764 g/mol. The second kappa shape index (κ2) is 12.6. The first-order chi connectivity index (χ1) is 22.4. The number of amides is 1. The molecule has 49 heavy (non-hydrogen) atoms. The summed E-state index contributed by atoms with van der Waals surface area (Å²) in [5.74, 6) is -5.28. The van der Waals surface area contributed by atoms with E-state index in [0.29, 0.717) is 54.6 Å². The van der Waals surface area contributed by atoms with Gasteiger partial charge in [0.05, 0.1) is 31.5 Å². The van der Waals surface area contributed by atoms with E-state index < -0.39 is 112 Å². The lowest BCUT2D eigenvalue weighted by atomic mass is 10.1. The summed E-state index contributed by atoms with van der Waals surface area (Å²) in [6.07, 6.45) is 2.02. The molecule has 0 saturated carbocycles. The number of hydroxylamine groups is 1. The van der Waals surface area contributed by atoms with Gasteiger partial charge in [0.15, 0.2) is 11.4 Å². The minimum atomic E-state index is -5.21. The van der Waals surface area contributed by atoms with Crippen LogP contribution in [0.15, 0.2) is 89.7 Å². The number of carboxylic acid groups (broad SMARTS) is 2. The number of nitrogens with one attached hydrogen (secondary N) is 1. The van der Waals surface area contributed by atoms with Crippen LogP contribution in [0.3, 0.4) is 0 Å². The molecule has 0 unspecified atom stereocenters. The van der Waals surface area contributed by atoms with Crippen molar-refractivity contribution in [3.63, 3.8) is 0 Å². The Morgan fingerprint density at radius 2 is 1.33 bits per heavy atom. The molecular weight excluding hydrogens is 749 g/mol. The summed E-state index contributed by atoms with van der Waals surface area (Å²) in [5.41, 5.74) is -6.19. The number of nitrogens with zero attached hydrogens (tertiary/aromatic N) is 3. The summed E-state index contributed by atoms with van der Waals surface area (Å²) >= 11 is 0. The first-order valence-electron chi connectivity index (χ1n) is 12.2. The Morgan fingerprint density at radius 1 is 0.776 bits per heavy atom. The molecule has 4 rings (SSSR count). The number of rotatable bonds is 11. The number of carbonyl (C=O) groups is 3. The second-order valence-corrected chi connectivity index (χ2v) is 14.9. The Kier molecular flexibility index (Phi) is 9.38. The van der Waals surface area contributed by atoms with Crippen molar-refractivity contribution in [3.05, 3.63) is 81.8 Å².